The fourth-order valence-electron chi connectivity index (χ4n) is 3.43. The van der Waals surface area contributed by atoms with E-state index in [4.69, 9.17) is 14.2 Å². The number of hydrogen-bond donors (Lipinski definition) is 0. The Kier molecular flexibility index (Phi) is 5.51. The number of esters is 1. The highest BCUT2D eigenvalue weighted by Gasteiger charge is 2.16. The van der Waals surface area contributed by atoms with Gasteiger partial charge < -0.3 is 18.8 Å². The van der Waals surface area contributed by atoms with Crippen LogP contribution in [0, 0.1) is 13.8 Å². The maximum Gasteiger partial charge on any atom is 0.331 e. The number of carbonyl (C=O) groups excluding carboxylic acids is 1. The zero-order valence-corrected chi connectivity index (χ0v) is 17.2. The molecular weight excluding hydrogens is 386 g/mol. The molecule has 9 heteroatoms. The van der Waals surface area contributed by atoms with Crippen molar-refractivity contribution in [3.8, 4) is 17.2 Å². The van der Waals surface area contributed by atoms with E-state index in [9.17, 15) is 4.79 Å². The molecule has 0 saturated heterocycles. The van der Waals surface area contributed by atoms with Gasteiger partial charge in [-0.15, -0.1) is 5.10 Å². The third-order valence-corrected chi connectivity index (χ3v) is 4.87. The molecule has 0 fully saturated rings. The average molecular weight is 409 g/mol. The van der Waals surface area contributed by atoms with Crippen molar-refractivity contribution in [2.24, 2.45) is 0 Å². The van der Waals surface area contributed by atoms with Gasteiger partial charge in [-0.1, -0.05) is 6.92 Å². The fourth-order valence-corrected chi connectivity index (χ4v) is 3.43. The van der Waals surface area contributed by atoms with E-state index in [0.29, 0.717) is 12.4 Å². The van der Waals surface area contributed by atoms with Crippen LogP contribution in [-0.2, 0) is 22.7 Å². The van der Waals surface area contributed by atoms with Gasteiger partial charge in [0.1, 0.15) is 0 Å². The number of aromatic nitrogens is 5. The monoisotopic (exact) mass is 409 g/mol. The molecule has 3 heterocycles. The van der Waals surface area contributed by atoms with E-state index in [1.807, 2.05) is 45.0 Å². The van der Waals surface area contributed by atoms with E-state index >= 15 is 0 Å². The summed E-state index contributed by atoms with van der Waals surface area (Å²) in [4.78, 5) is 12.2. The lowest BCUT2D eigenvalue weighted by Gasteiger charge is -2.10. The highest BCUT2D eigenvalue weighted by molar-refractivity contribution is 5.87. The lowest BCUT2D eigenvalue weighted by atomic mass is 10.2. The molecule has 0 unspecified atom stereocenters. The van der Waals surface area contributed by atoms with Gasteiger partial charge in [0.2, 0.25) is 6.79 Å². The Morgan fingerprint density at radius 2 is 2.07 bits per heavy atom. The molecule has 3 aromatic rings. The van der Waals surface area contributed by atoms with Crippen LogP contribution in [0.5, 0.6) is 11.5 Å². The van der Waals surface area contributed by atoms with Gasteiger partial charge in [-0.2, -0.15) is 0 Å². The Labute approximate surface area is 173 Å². The topological polar surface area (TPSA) is 93.3 Å². The number of nitrogens with zero attached hydrogens (tertiary/aromatic N) is 5. The van der Waals surface area contributed by atoms with Gasteiger partial charge in [0, 0.05) is 35.8 Å². The van der Waals surface area contributed by atoms with Gasteiger partial charge in [0.15, 0.2) is 23.9 Å². The van der Waals surface area contributed by atoms with Crippen molar-refractivity contribution in [3.05, 3.63) is 53.1 Å². The molecular formula is C21H23N5O4. The Balaban J connectivity index is 1.46. The first-order valence-corrected chi connectivity index (χ1v) is 9.75. The van der Waals surface area contributed by atoms with Crippen LogP contribution in [0.15, 0.2) is 30.3 Å². The van der Waals surface area contributed by atoms with Crippen LogP contribution in [0.2, 0.25) is 0 Å². The summed E-state index contributed by atoms with van der Waals surface area (Å²) in [5, 5.41) is 11.4. The molecule has 0 saturated carbocycles. The largest absolute Gasteiger partial charge is 0.454 e. The van der Waals surface area contributed by atoms with Crippen molar-refractivity contribution in [1.29, 1.82) is 0 Å². The maximum atomic E-state index is 12.2. The third-order valence-electron chi connectivity index (χ3n) is 4.87. The normalized spacial score (nSPS) is 12.6. The molecule has 0 bridgehead atoms. The molecule has 0 spiro atoms. The van der Waals surface area contributed by atoms with Crippen LogP contribution in [0.1, 0.15) is 36.1 Å². The molecule has 4 rings (SSSR count). The standard InChI is InChI=1S/C21H23N5O4/c1-4-9-25-20(22-23-24-25)12-28-21(27)8-5-16-10-14(2)26(15(16)3)17-6-7-18-19(11-17)30-13-29-18/h5-8,10-11H,4,9,12-13H2,1-3H3/b8-5+. The molecule has 0 radical (unpaired) electrons. The molecule has 156 valence electrons. The second-order valence-corrected chi connectivity index (χ2v) is 6.96. The summed E-state index contributed by atoms with van der Waals surface area (Å²) >= 11 is 0. The van der Waals surface area contributed by atoms with Crippen LogP contribution in [0.3, 0.4) is 0 Å². The second kappa shape index (κ2) is 8.40. The highest BCUT2D eigenvalue weighted by atomic mass is 16.7. The smallest absolute Gasteiger partial charge is 0.331 e. The second-order valence-electron chi connectivity index (χ2n) is 6.96. The Morgan fingerprint density at radius 1 is 1.23 bits per heavy atom. The molecule has 0 atom stereocenters. The summed E-state index contributed by atoms with van der Waals surface area (Å²) in [7, 11) is 0. The Morgan fingerprint density at radius 3 is 2.90 bits per heavy atom. The van der Waals surface area contributed by atoms with Gasteiger partial charge in [0.05, 0.1) is 0 Å². The summed E-state index contributed by atoms with van der Waals surface area (Å²) in [6, 6.07) is 7.85. The van der Waals surface area contributed by atoms with Crippen LogP contribution in [0.4, 0.5) is 0 Å². The minimum absolute atomic E-state index is 0.0341. The number of fused-ring (bicyclic) bond motifs is 1. The van der Waals surface area contributed by atoms with Crippen LogP contribution in [-0.4, -0.2) is 37.5 Å². The zero-order valence-electron chi connectivity index (χ0n) is 17.2. The van der Waals surface area contributed by atoms with Gasteiger partial charge >= 0.3 is 5.97 Å². The number of ether oxygens (including phenoxy) is 3. The van der Waals surface area contributed by atoms with E-state index in [-0.39, 0.29) is 13.4 Å². The first-order valence-electron chi connectivity index (χ1n) is 9.75. The molecule has 0 aliphatic carbocycles. The van der Waals surface area contributed by atoms with Gasteiger partial charge in [0.25, 0.3) is 0 Å². The van der Waals surface area contributed by atoms with Crippen LogP contribution in [0.25, 0.3) is 11.8 Å². The predicted molar refractivity (Wildman–Crippen MR) is 108 cm³/mol. The van der Waals surface area contributed by atoms with E-state index in [1.54, 1.807) is 10.8 Å². The van der Waals surface area contributed by atoms with Gasteiger partial charge in [-0.25, -0.2) is 9.48 Å². The molecule has 2 aromatic heterocycles. The summed E-state index contributed by atoms with van der Waals surface area (Å²) < 4.78 is 19.9. The SMILES string of the molecule is CCCn1nnnc1COC(=O)/C=C/c1cc(C)n(-c2ccc3c(c2)OCO3)c1C. The predicted octanol–water partition coefficient (Wildman–Crippen LogP) is 2.98. The van der Waals surface area contributed by atoms with Crippen molar-refractivity contribution in [2.45, 2.75) is 40.3 Å². The summed E-state index contributed by atoms with van der Waals surface area (Å²) in [5.41, 5.74) is 3.94. The molecule has 9 nitrogen and oxygen atoms in total. The lowest BCUT2D eigenvalue weighted by Crippen LogP contribution is -2.09. The van der Waals surface area contributed by atoms with Crippen LogP contribution >= 0.6 is 0 Å². The number of benzene rings is 1. The van der Waals surface area contributed by atoms with Crippen molar-refractivity contribution in [1.82, 2.24) is 24.8 Å². The molecule has 1 aliphatic rings. The molecule has 0 amide bonds. The molecule has 1 aliphatic heterocycles. The van der Waals surface area contributed by atoms with Crippen molar-refractivity contribution in [2.75, 3.05) is 6.79 Å². The maximum absolute atomic E-state index is 12.2. The molecule has 1 aromatic carbocycles. The van der Waals surface area contributed by atoms with E-state index in [2.05, 4.69) is 20.1 Å². The fraction of sp³-hybridized carbons (Fsp3) is 0.333. The average Bonchev–Trinajstić information content (AvgIpc) is 3.44. The first-order chi connectivity index (χ1) is 14.6. The summed E-state index contributed by atoms with van der Waals surface area (Å²) in [6.45, 7) is 7.00. The van der Waals surface area contributed by atoms with E-state index in [0.717, 1.165) is 40.6 Å². The number of rotatable bonds is 7. The number of hydrogen-bond acceptors (Lipinski definition) is 7. The first kappa shape index (κ1) is 19.7. The number of carbonyl (C=O) groups is 1. The third kappa shape index (κ3) is 3.91. The lowest BCUT2D eigenvalue weighted by molar-refractivity contribution is -0.139. The molecule has 0 N–H and O–H groups in total. The summed E-state index contributed by atoms with van der Waals surface area (Å²) in [5.74, 6) is 1.55. The number of aryl methyl sites for hydroxylation is 2. The summed E-state index contributed by atoms with van der Waals surface area (Å²) in [6.07, 6.45) is 4.06. The van der Waals surface area contributed by atoms with E-state index < -0.39 is 5.97 Å². The minimum atomic E-state index is -0.450. The Hall–Kier alpha value is -3.62. The van der Waals surface area contributed by atoms with E-state index in [1.165, 1.54) is 6.08 Å². The minimum Gasteiger partial charge on any atom is -0.454 e. The van der Waals surface area contributed by atoms with Crippen molar-refractivity contribution >= 4 is 12.0 Å². The molecule has 30 heavy (non-hydrogen) atoms. The zero-order chi connectivity index (χ0) is 21.1. The number of tetrazole rings is 1. The van der Waals surface area contributed by atoms with Gasteiger partial charge in [-0.3, -0.25) is 0 Å². The van der Waals surface area contributed by atoms with Crippen LogP contribution < -0.4 is 9.47 Å². The Bertz CT molecular complexity index is 1100. The highest BCUT2D eigenvalue weighted by Crippen LogP contribution is 2.35. The van der Waals surface area contributed by atoms with Crippen molar-refractivity contribution < 1.29 is 19.0 Å². The quantitative estimate of drug-likeness (QED) is 0.437. The van der Waals surface area contributed by atoms with Crippen molar-refractivity contribution in [3.63, 3.8) is 0 Å². The van der Waals surface area contributed by atoms with Gasteiger partial charge in [-0.05, 0) is 60.5 Å².